The number of methoxy groups -OCH3 is 2. The monoisotopic (exact) mass is 454 g/mol. The minimum absolute atomic E-state index is 0.0931. The second-order valence-electron chi connectivity index (χ2n) is 7.66. The van der Waals surface area contributed by atoms with Gasteiger partial charge in [-0.1, -0.05) is 17.3 Å². The van der Waals surface area contributed by atoms with Crippen LogP contribution in [0.2, 0.25) is 0 Å². The molecule has 5 rings (SSSR count). The summed E-state index contributed by atoms with van der Waals surface area (Å²) in [5, 5.41) is 8.99. The molecule has 9 nitrogen and oxygen atoms in total. The predicted octanol–water partition coefficient (Wildman–Crippen LogP) is 3.77. The largest absolute Gasteiger partial charge is 0.495 e. The number of rotatable bonds is 8. The van der Waals surface area contributed by atoms with E-state index in [-0.39, 0.29) is 22.2 Å². The number of aromatic nitrogens is 3. The Morgan fingerprint density at radius 2 is 1.91 bits per heavy atom. The van der Waals surface area contributed by atoms with Crippen LogP contribution >= 0.6 is 0 Å². The summed E-state index contributed by atoms with van der Waals surface area (Å²) < 4.78 is 47.1. The van der Waals surface area contributed by atoms with E-state index >= 15 is 0 Å². The quantitative estimate of drug-likeness (QED) is 0.432. The van der Waals surface area contributed by atoms with Gasteiger partial charge in [0.1, 0.15) is 11.5 Å². The Kier molecular flexibility index (Phi) is 5.01. The van der Waals surface area contributed by atoms with Gasteiger partial charge >= 0.3 is 0 Å². The van der Waals surface area contributed by atoms with Crippen LogP contribution in [0.4, 0.5) is 5.82 Å². The number of nitrogens with one attached hydrogen (secondary N) is 1. The summed E-state index contributed by atoms with van der Waals surface area (Å²) in [7, 11) is -1.25. The second kappa shape index (κ2) is 7.86. The lowest BCUT2D eigenvalue weighted by atomic mass is 10.0. The van der Waals surface area contributed by atoms with Crippen molar-refractivity contribution in [2.45, 2.75) is 30.2 Å². The molecular weight excluding hydrogens is 432 g/mol. The molecule has 32 heavy (non-hydrogen) atoms. The molecule has 0 amide bonds. The number of ether oxygens (including phenoxy) is 2. The Balaban J connectivity index is 1.57. The number of fused-ring (bicyclic) bond motifs is 1. The molecule has 0 saturated heterocycles. The van der Waals surface area contributed by atoms with Crippen LogP contribution < -0.4 is 14.2 Å². The van der Waals surface area contributed by atoms with Crippen molar-refractivity contribution in [2.75, 3.05) is 18.9 Å². The lowest BCUT2D eigenvalue weighted by Gasteiger charge is -2.14. The summed E-state index contributed by atoms with van der Waals surface area (Å²) in [6, 6.07) is 10.6. The maximum atomic E-state index is 13.3. The van der Waals surface area contributed by atoms with E-state index in [1.54, 1.807) is 24.4 Å². The highest BCUT2D eigenvalue weighted by atomic mass is 32.2. The number of anilines is 1. The highest BCUT2D eigenvalue weighted by Crippen LogP contribution is 2.46. The SMILES string of the molecule is COc1cccc(OC)c1S(=O)(=O)Nc1noc2cc(Cn3cccn3)cc(C3CC3)c12. The van der Waals surface area contributed by atoms with Crippen LogP contribution in [0.3, 0.4) is 0 Å². The van der Waals surface area contributed by atoms with Crippen molar-refractivity contribution in [3.63, 3.8) is 0 Å². The van der Waals surface area contributed by atoms with Crippen LogP contribution in [0.15, 0.2) is 58.2 Å². The normalized spacial score (nSPS) is 13.9. The minimum atomic E-state index is -4.07. The molecule has 2 aromatic carbocycles. The van der Waals surface area contributed by atoms with Gasteiger partial charge in [0.05, 0.1) is 26.2 Å². The topological polar surface area (TPSA) is 108 Å². The van der Waals surface area contributed by atoms with Crippen molar-refractivity contribution in [1.29, 1.82) is 0 Å². The molecule has 4 aromatic rings. The van der Waals surface area contributed by atoms with Crippen LogP contribution in [0, 0.1) is 0 Å². The fourth-order valence-electron chi connectivity index (χ4n) is 3.88. The van der Waals surface area contributed by atoms with Crippen molar-refractivity contribution in [3.8, 4) is 11.5 Å². The van der Waals surface area contributed by atoms with Crippen LogP contribution in [-0.2, 0) is 16.6 Å². The van der Waals surface area contributed by atoms with E-state index < -0.39 is 10.0 Å². The molecule has 0 unspecified atom stereocenters. The van der Waals surface area contributed by atoms with Crippen molar-refractivity contribution in [3.05, 3.63) is 59.9 Å². The van der Waals surface area contributed by atoms with Crippen molar-refractivity contribution < 1.29 is 22.4 Å². The highest BCUT2D eigenvalue weighted by molar-refractivity contribution is 7.93. The van der Waals surface area contributed by atoms with Crippen molar-refractivity contribution in [2.24, 2.45) is 0 Å². The molecule has 0 aliphatic heterocycles. The lowest BCUT2D eigenvalue weighted by molar-refractivity contribution is 0.373. The van der Waals surface area contributed by atoms with Gasteiger partial charge in [0.25, 0.3) is 10.0 Å². The molecule has 10 heteroatoms. The molecular formula is C22H22N4O5S. The van der Waals surface area contributed by atoms with Crippen LogP contribution in [0.25, 0.3) is 11.0 Å². The molecule has 0 atom stereocenters. The first kappa shape index (κ1) is 20.4. The first-order valence-corrected chi connectivity index (χ1v) is 11.6. The van der Waals surface area contributed by atoms with E-state index in [1.807, 2.05) is 23.0 Å². The molecule has 1 N–H and O–H groups in total. The van der Waals surface area contributed by atoms with E-state index in [4.69, 9.17) is 14.0 Å². The zero-order valence-electron chi connectivity index (χ0n) is 17.6. The Morgan fingerprint density at radius 3 is 2.53 bits per heavy atom. The number of hydrogen-bond donors (Lipinski definition) is 1. The Hall–Kier alpha value is -3.53. The van der Waals surface area contributed by atoms with Gasteiger partial charge in [0.2, 0.25) is 0 Å². The molecule has 1 aliphatic carbocycles. The lowest BCUT2D eigenvalue weighted by Crippen LogP contribution is -2.16. The Morgan fingerprint density at radius 1 is 1.16 bits per heavy atom. The molecule has 2 heterocycles. The zero-order chi connectivity index (χ0) is 22.3. The maximum Gasteiger partial charge on any atom is 0.270 e. The van der Waals surface area contributed by atoms with Crippen LogP contribution in [0.1, 0.15) is 29.9 Å². The molecule has 0 spiro atoms. The molecule has 1 aliphatic rings. The number of hydrogen-bond acceptors (Lipinski definition) is 7. The summed E-state index contributed by atoms with van der Waals surface area (Å²) in [6.45, 7) is 0.586. The Labute approximate surface area is 185 Å². The average molecular weight is 455 g/mol. The maximum absolute atomic E-state index is 13.3. The first-order valence-electron chi connectivity index (χ1n) is 10.1. The summed E-state index contributed by atoms with van der Waals surface area (Å²) in [6.07, 6.45) is 5.70. The van der Waals surface area contributed by atoms with Gasteiger partial charge in [-0.15, -0.1) is 0 Å². The van der Waals surface area contributed by atoms with Gasteiger partial charge in [0.15, 0.2) is 16.3 Å². The number of nitrogens with zero attached hydrogens (tertiary/aromatic N) is 3. The standard InChI is InChI=1S/C22H22N4O5S/c1-29-17-5-3-6-18(30-2)21(17)32(27,28)25-22-20-16(15-7-8-15)11-14(12-19(20)31-24-22)13-26-10-4-9-23-26/h3-6,9-12,15H,7-8,13H2,1-2H3,(H,24,25). The van der Waals surface area contributed by atoms with Gasteiger partial charge in [0, 0.05) is 12.4 Å². The molecule has 1 saturated carbocycles. The van der Waals surface area contributed by atoms with Crippen molar-refractivity contribution >= 4 is 26.8 Å². The van der Waals surface area contributed by atoms with Crippen LogP contribution in [0.5, 0.6) is 11.5 Å². The molecule has 0 radical (unpaired) electrons. The summed E-state index contributed by atoms with van der Waals surface area (Å²) in [4.78, 5) is -0.0931. The third-order valence-electron chi connectivity index (χ3n) is 5.47. The van der Waals surface area contributed by atoms with Gasteiger partial charge in [-0.05, 0) is 54.2 Å². The van der Waals surface area contributed by atoms with Gasteiger partial charge in [-0.25, -0.2) is 8.42 Å². The fraction of sp³-hybridized carbons (Fsp3) is 0.273. The van der Waals surface area contributed by atoms with E-state index in [0.717, 1.165) is 24.0 Å². The van der Waals surface area contributed by atoms with Gasteiger partial charge in [-0.2, -0.15) is 5.10 Å². The van der Waals surface area contributed by atoms with Crippen LogP contribution in [-0.4, -0.2) is 37.6 Å². The number of benzene rings is 2. The minimum Gasteiger partial charge on any atom is -0.495 e. The Bertz CT molecular complexity index is 1350. The zero-order valence-corrected chi connectivity index (χ0v) is 18.4. The molecule has 2 aromatic heterocycles. The number of sulfonamides is 1. The van der Waals surface area contributed by atoms with E-state index in [1.165, 1.54) is 14.2 Å². The third kappa shape index (κ3) is 3.66. The van der Waals surface area contributed by atoms with E-state index in [9.17, 15) is 8.42 Å². The highest BCUT2D eigenvalue weighted by Gasteiger charge is 2.31. The smallest absolute Gasteiger partial charge is 0.270 e. The van der Waals surface area contributed by atoms with Crippen molar-refractivity contribution in [1.82, 2.24) is 14.9 Å². The summed E-state index contributed by atoms with van der Waals surface area (Å²) in [5.74, 6) is 0.848. The summed E-state index contributed by atoms with van der Waals surface area (Å²) in [5.41, 5.74) is 2.57. The summed E-state index contributed by atoms with van der Waals surface area (Å²) >= 11 is 0. The van der Waals surface area contributed by atoms with E-state index in [0.29, 0.717) is 23.4 Å². The molecule has 166 valence electrons. The first-order chi connectivity index (χ1) is 15.5. The average Bonchev–Trinajstić information content (AvgIpc) is 3.38. The fourth-order valence-corrected chi connectivity index (χ4v) is 5.21. The molecule has 0 bridgehead atoms. The third-order valence-corrected chi connectivity index (χ3v) is 6.87. The molecule has 1 fully saturated rings. The van der Waals surface area contributed by atoms with Gasteiger partial charge in [-0.3, -0.25) is 9.40 Å². The van der Waals surface area contributed by atoms with E-state index in [2.05, 4.69) is 21.0 Å². The van der Waals surface area contributed by atoms with Gasteiger partial charge < -0.3 is 14.0 Å². The predicted molar refractivity (Wildman–Crippen MR) is 118 cm³/mol. The second-order valence-corrected chi connectivity index (χ2v) is 9.28.